The predicted molar refractivity (Wildman–Crippen MR) is 90.8 cm³/mol. The Balaban J connectivity index is 2.23. The molecule has 0 spiro atoms. The van der Waals surface area contributed by atoms with E-state index in [9.17, 15) is 14.7 Å². The maximum absolute atomic E-state index is 12.0. The van der Waals surface area contributed by atoms with Crippen molar-refractivity contribution in [2.24, 2.45) is 0 Å². The fraction of sp³-hybridized carbons (Fsp3) is 0.333. The van der Waals surface area contributed by atoms with Crippen LogP contribution in [0.15, 0.2) is 35.3 Å². The molecule has 0 saturated heterocycles. The fourth-order valence-corrected chi connectivity index (χ4v) is 2.35. The van der Waals surface area contributed by atoms with E-state index in [4.69, 9.17) is 9.15 Å². The molecule has 0 radical (unpaired) electrons. The Hall–Kier alpha value is -2.44. The first-order valence-electron chi connectivity index (χ1n) is 7.65. The minimum Gasteiger partial charge on any atom is -0.490 e. The van der Waals surface area contributed by atoms with Crippen molar-refractivity contribution in [2.75, 3.05) is 19.7 Å². The number of ketones is 2. The largest absolute Gasteiger partial charge is 0.490 e. The van der Waals surface area contributed by atoms with Crippen LogP contribution in [0, 0.1) is 0 Å². The summed E-state index contributed by atoms with van der Waals surface area (Å²) < 4.78 is 11.0. The lowest BCUT2D eigenvalue weighted by molar-refractivity contribution is 0.0976. The topological polar surface area (TPSA) is 88.8 Å². The maximum Gasteiger partial charge on any atom is 0.194 e. The minimum absolute atomic E-state index is 0.0351. The SMILES string of the molecule is C=CCNCC(O)COc1ccc2oc(C(C)=O)cc2c1C(C)=O. The molecular weight excluding hydrogens is 310 g/mol. The molecule has 0 aliphatic rings. The van der Waals surface area contributed by atoms with Crippen LogP contribution >= 0.6 is 0 Å². The van der Waals surface area contributed by atoms with Gasteiger partial charge >= 0.3 is 0 Å². The Morgan fingerprint density at radius 2 is 2.12 bits per heavy atom. The number of Topliss-reactive ketones (excluding diaryl/α,β-unsaturated/α-hetero) is 2. The van der Waals surface area contributed by atoms with Crippen molar-refractivity contribution >= 4 is 22.5 Å². The van der Waals surface area contributed by atoms with Crippen LogP contribution in [0.2, 0.25) is 0 Å². The lowest BCUT2D eigenvalue weighted by atomic mass is 10.1. The van der Waals surface area contributed by atoms with Gasteiger partial charge in [0.2, 0.25) is 0 Å². The number of hydrogen-bond acceptors (Lipinski definition) is 6. The number of benzene rings is 1. The first-order valence-corrected chi connectivity index (χ1v) is 7.65. The Labute approximate surface area is 140 Å². The summed E-state index contributed by atoms with van der Waals surface area (Å²) in [5, 5.41) is 13.4. The summed E-state index contributed by atoms with van der Waals surface area (Å²) >= 11 is 0. The van der Waals surface area contributed by atoms with E-state index in [0.29, 0.717) is 35.4 Å². The summed E-state index contributed by atoms with van der Waals surface area (Å²) in [7, 11) is 0. The molecular formula is C18H21NO5. The average molecular weight is 331 g/mol. The Kier molecular flexibility index (Phi) is 5.89. The second kappa shape index (κ2) is 7.90. The second-order valence-electron chi connectivity index (χ2n) is 5.49. The van der Waals surface area contributed by atoms with Crippen molar-refractivity contribution in [2.45, 2.75) is 20.0 Å². The van der Waals surface area contributed by atoms with Crippen LogP contribution in [0.5, 0.6) is 5.75 Å². The van der Waals surface area contributed by atoms with Crippen LogP contribution in [0.25, 0.3) is 11.0 Å². The van der Waals surface area contributed by atoms with Crippen molar-refractivity contribution < 1.29 is 23.8 Å². The molecule has 6 nitrogen and oxygen atoms in total. The fourth-order valence-electron chi connectivity index (χ4n) is 2.35. The van der Waals surface area contributed by atoms with Gasteiger partial charge in [-0.3, -0.25) is 9.59 Å². The van der Waals surface area contributed by atoms with E-state index in [0.717, 1.165) is 0 Å². The smallest absolute Gasteiger partial charge is 0.194 e. The Bertz CT molecular complexity index is 762. The molecule has 24 heavy (non-hydrogen) atoms. The van der Waals surface area contributed by atoms with Gasteiger partial charge in [0.15, 0.2) is 17.3 Å². The molecule has 128 valence electrons. The predicted octanol–water partition coefficient (Wildman–Crippen LogP) is 2.35. The third-order valence-corrected chi connectivity index (χ3v) is 3.46. The summed E-state index contributed by atoms with van der Waals surface area (Å²) in [6, 6.07) is 4.80. The van der Waals surface area contributed by atoms with Crippen LogP contribution in [0.4, 0.5) is 0 Å². The van der Waals surface area contributed by atoms with Crippen LogP contribution in [0.1, 0.15) is 34.8 Å². The average Bonchev–Trinajstić information content (AvgIpc) is 2.96. The molecule has 0 aliphatic heterocycles. The first kappa shape index (κ1) is 17.9. The molecule has 1 heterocycles. The van der Waals surface area contributed by atoms with Gasteiger partial charge in [-0.05, 0) is 25.1 Å². The van der Waals surface area contributed by atoms with E-state index in [2.05, 4.69) is 11.9 Å². The number of nitrogens with one attached hydrogen (secondary N) is 1. The van der Waals surface area contributed by atoms with Gasteiger partial charge in [-0.15, -0.1) is 6.58 Å². The minimum atomic E-state index is -0.724. The quantitative estimate of drug-likeness (QED) is 0.416. The maximum atomic E-state index is 12.0. The number of aliphatic hydroxyl groups is 1. The van der Waals surface area contributed by atoms with Crippen molar-refractivity contribution in [1.82, 2.24) is 5.32 Å². The normalized spacial score (nSPS) is 12.1. The summed E-state index contributed by atoms with van der Waals surface area (Å²) in [5.41, 5.74) is 0.793. The number of furan rings is 1. The number of fused-ring (bicyclic) bond motifs is 1. The molecule has 1 aromatic heterocycles. The Morgan fingerprint density at radius 1 is 1.38 bits per heavy atom. The van der Waals surface area contributed by atoms with Gasteiger partial charge in [-0.2, -0.15) is 0 Å². The summed E-state index contributed by atoms with van der Waals surface area (Å²) in [5.74, 6) is 0.129. The van der Waals surface area contributed by atoms with Gasteiger partial charge in [0.1, 0.15) is 24.0 Å². The molecule has 1 atom stereocenters. The van der Waals surface area contributed by atoms with Crippen molar-refractivity contribution in [3.05, 3.63) is 42.2 Å². The van der Waals surface area contributed by atoms with E-state index < -0.39 is 6.10 Å². The number of rotatable bonds is 9. The van der Waals surface area contributed by atoms with E-state index in [1.807, 2.05) is 0 Å². The first-order chi connectivity index (χ1) is 11.4. The zero-order valence-corrected chi connectivity index (χ0v) is 13.8. The second-order valence-corrected chi connectivity index (χ2v) is 5.49. The summed E-state index contributed by atoms with van der Waals surface area (Å²) in [6.07, 6.45) is 0.971. The van der Waals surface area contributed by atoms with E-state index in [-0.39, 0.29) is 23.9 Å². The van der Waals surface area contributed by atoms with Gasteiger partial charge < -0.3 is 19.6 Å². The molecule has 0 fully saturated rings. The molecule has 0 amide bonds. The molecule has 2 N–H and O–H groups in total. The van der Waals surface area contributed by atoms with E-state index in [1.165, 1.54) is 13.8 Å². The number of hydrogen-bond donors (Lipinski definition) is 2. The molecule has 1 unspecified atom stereocenters. The highest BCUT2D eigenvalue weighted by molar-refractivity contribution is 6.10. The van der Waals surface area contributed by atoms with Gasteiger partial charge in [-0.25, -0.2) is 0 Å². The third-order valence-electron chi connectivity index (χ3n) is 3.46. The molecule has 0 aliphatic carbocycles. The zero-order chi connectivity index (χ0) is 17.7. The molecule has 0 saturated carbocycles. The lowest BCUT2D eigenvalue weighted by Gasteiger charge is -2.14. The number of carbonyl (C=O) groups is 2. The monoisotopic (exact) mass is 331 g/mol. The van der Waals surface area contributed by atoms with Crippen LogP contribution in [0.3, 0.4) is 0 Å². The van der Waals surface area contributed by atoms with Gasteiger partial charge in [0, 0.05) is 25.4 Å². The lowest BCUT2D eigenvalue weighted by Crippen LogP contribution is -2.31. The van der Waals surface area contributed by atoms with Gasteiger partial charge in [-0.1, -0.05) is 6.08 Å². The van der Waals surface area contributed by atoms with E-state index in [1.54, 1.807) is 24.3 Å². The molecule has 2 aromatic rings. The van der Waals surface area contributed by atoms with Crippen molar-refractivity contribution in [3.63, 3.8) is 0 Å². The van der Waals surface area contributed by atoms with E-state index >= 15 is 0 Å². The van der Waals surface area contributed by atoms with Gasteiger partial charge in [0.25, 0.3) is 0 Å². The standard InChI is InChI=1S/C18H21NO5/c1-4-7-19-9-13(22)10-23-16-6-5-15-14(18(16)12(3)21)8-17(24-15)11(2)20/h4-6,8,13,19,22H,1,7,9-10H2,2-3H3. The van der Waals surface area contributed by atoms with Crippen molar-refractivity contribution in [3.8, 4) is 5.75 Å². The van der Waals surface area contributed by atoms with Crippen LogP contribution in [-0.2, 0) is 0 Å². The molecule has 0 bridgehead atoms. The third kappa shape index (κ3) is 4.10. The number of carbonyl (C=O) groups excluding carboxylic acids is 2. The molecule has 1 aromatic carbocycles. The number of aliphatic hydroxyl groups excluding tert-OH is 1. The van der Waals surface area contributed by atoms with Gasteiger partial charge in [0.05, 0.1) is 5.56 Å². The number of ether oxygens (including phenoxy) is 1. The zero-order valence-electron chi connectivity index (χ0n) is 13.8. The summed E-state index contributed by atoms with van der Waals surface area (Å²) in [6.45, 7) is 7.37. The summed E-state index contributed by atoms with van der Waals surface area (Å²) in [4.78, 5) is 23.5. The highest BCUT2D eigenvalue weighted by Crippen LogP contribution is 2.31. The molecule has 2 rings (SSSR count). The highest BCUT2D eigenvalue weighted by Gasteiger charge is 2.19. The Morgan fingerprint density at radius 3 is 2.75 bits per heavy atom. The van der Waals surface area contributed by atoms with Crippen LogP contribution < -0.4 is 10.1 Å². The highest BCUT2D eigenvalue weighted by atomic mass is 16.5. The van der Waals surface area contributed by atoms with Crippen LogP contribution in [-0.4, -0.2) is 42.5 Å². The molecule has 6 heteroatoms. The van der Waals surface area contributed by atoms with Crippen molar-refractivity contribution in [1.29, 1.82) is 0 Å².